The van der Waals surface area contributed by atoms with Crippen molar-refractivity contribution < 1.29 is 14.0 Å². The van der Waals surface area contributed by atoms with Crippen LogP contribution in [0.2, 0.25) is 0 Å². The molecule has 4 rings (SSSR count). The van der Waals surface area contributed by atoms with Crippen LogP contribution in [0.15, 0.2) is 59.1 Å². The minimum absolute atomic E-state index is 0.206. The average Bonchev–Trinajstić information content (AvgIpc) is 3.37. The van der Waals surface area contributed by atoms with E-state index in [0.717, 1.165) is 22.1 Å². The molecular formula is C23H22N4O3. The summed E-state index contributed by atoms with van der Waals surface area (Å²) < 4.78 is 5.93. The Morgan fingerprint density at radius 3 is 2.40 bits per heavy atom. The fourth-order valence-electron chi connectivity index (χ4n) is 3.56. The van der Waals surface area contributed by atoms with Gasteiger partial charge in [-0.05, 0) is 37.5 Å². The summed E-state index contributed by atoms with van der Waals surface area (Å²) in [6.45, 7) is 5.78. The number of carbonyl (C=O) groups is 2. The van der Waals surface area contributed by atoms with E-state index in [1.807, 2.05) is 51.1 Å². The topological polar surface area (TPSA) is 100 Å². The third kappa shape index (κ3) is 3.57. The maximum atomic E-state index is 13.1. The first-order valence-corrected chi connectivity index (χ1v) is 9.61. The van der Waals surface area contributed by atoms with Crippen LogP contribution in [-0.2, 0) is 4.79 Å². The molecule has 2 aromatic heterocycles. The average molecular weight is 402 g/mol. The summed E-state index contributed by atoms with van der Waals surface area (Å²) in [6, 6.07) is 13.8. The Bertz CT molecular complexity index is 1210. The third-order valence-electron chi connectivity index (χ3n) is 5.12. The Morgan fingerprint density at radius 2 is 1.73 bits per heavy atom. The molecule has 0 aliphatic rings. The predicted molar refractivity (Wildman–Crippen MR) is 114 cm³/mol. The molecule has 2 amide bonds. The molecule has 0 bridgehead atoms. The summed E-state index contributed by atoms with van der Waals surface area (Å²) in [4.78, 5) is 26.1. The summed E-state index contributed by atoms with van der Waals surface area (Å²) in [5.74, 6) is -0.185. The van der Waals surface area contributed by atoms with Gasteiger partial charge in [-0.3, -0.25) is 14.7 Å². The van der Waals surface area contributed by atoms with E-state index in [1.165, 1.54) is 6.20 Å². The molecule has 30 heavy (non-hydrogen) atoms. The van der Waals surface area contributed by atoms with Crippen molar-refractivity contribution in [2.45, 2.75) is 26.8 Å². The summed E-state index contributed by atoms with van der Waals surface area (Å²) in [6.07, 6.45) is 1.54. The first-order valence-electron chi connectivity index (χ1n) is 9.61. The number of hydrogen-bond acceptors (Lipinski definition) is 4. The monoisotopic (exact) mass is 402 g/mol. The zero-order valence-electron chi connectivity index (χ0n) is 16.9. The van der Waals surface area contributed by atoms with Crippen LogP contribution in [0.4, 0.5) is 5.82 Å². The van der Waals surface area contributed by atoms with Crippen molar-refractivity contribution in [3.05, 3.63) is 82.7 Å². The molecule has 2 aromatic carbocycles. The smallest absolute Gasteiger partial charge is 0.288 e. The van der Waals surface area contributed by atoms with Gasteiger partial charge in [-0.2, -0.15) is 5.10 Å². The number of aryl methyl sites for hydroxylation is 3. The molecule has 0 radical (unpaired) electrons. The van der Waals surface area contributed by atoms with Gasteiger partial charge < -0.3 is 15.1 Å². The number of rotatable bonds is 5. The van der Waals surface area contributed by atoms with Crippen LogP contribution in [0.1, 0.15) is 38.9 Å². The number of anilines is 1. The summed E-state index contributed by atoms with van der Waals surface area (Å²) in [5, 5.41) is 13.0. The molecule has 0 aliphatic carbocycles. The number of aromatic nitrogens is 2. The standard InChI is InChI=1S/C23H22N4O3/c1-13-9-10-14(2)20-18(13)15(3)21(30-20)23(29)26-19(16-7-5-4-6-8-16)22(28)25-17-11-12-24-27-17/h4-12,19H,1-3H3,(H,26,29)(H2,24,25,27,28). The van der Waals surface area contributed by atoms with E-state index in [1.54, 1.807) is 18.2 Å². The van der Waals surface area contributed by atoms with Gasteiger partial charge in [-0.25, -0.2) is 0 Å². The number of fused-ring (bicyclic) bond motifs is 1. The van der Waals surface area contributed by atoms with Crippen LogP contribution in [0, 0.1) is 20.8 Å². The highest BCUT2D eigenvalue weighted by Crippen LogP contribution is 2.31. The van der Waals surface area contributed by atoms with Gasteiger partial charge in [-0.15, -0.1) is 0 Å². The molecule has 7 heteroatoms. The largest absolute Gasteiger partial charge is 0.450 e. The van der Waals surface area contributed by atoms with Crippen molar-refractivity contribution in [2.75, 3.05) is 5.32 Å². The highest BCUT2D eigenvalue weighted by Gasteiger charge is 2.27. The minimum atomic E-state index is -0.906. The van der Waals surface area contributed by atoms with Crippen molar-refractivity contribution in [1.29, 1.82) is 0 Å². The molecule has 0 saturated carbocycles. The van der Waals surface area contributed by atoms with Gasteiger partial charge in [0, 0.05) is 17.0 Å². The lowest BCUT2D eigenvalue weighted by Crippen LogP contribution is -2.37. The second-order valence-electron chi connectivity index (χ2n) is 7.24. The van der Waals surface area contributed by atoms with Crippen molar-refractivity contribution >= 4 is 28.6 Å². The Hall–Kier alpha value is -3.87. The molecule has 7 nitrogen and oxygen atoms in total. The van der Waals surface area contributed by atoms with E-state index in [-0.39, 0.29) is 11.7 Å². The van der Waals surface area contributed by atoms with Gasteiger partial charge in [0.05, 0.1) is 6.20 Å². The fourth-order valence-corrected chi connectivity index (χ4v) is 3.56. The van der Waals surface area contributed by atoms with E-state index in [9.17, 15) is 9.59 Å². The quantitative estimate of drug-likeness (QED) is 0.466. The van der Waals surface area contributed by atoms with E-state index < -0.39 is 11.9 Å². The lowest BCUT2D eigenvalue weighted by atomic mass is 10.0. The first-order chi connectivity index (χ1) is 14.5. The molecule has 1 atom stereocenters. The molecule has 4 aromatic rings. The number of hydrogen-bond donors (Lipinski definition) is 3. The predicted octanol–water partition coefficient (Wildman–Crippen LogP) is 4.19. The van der Waals surface area contributed by atoms with Crippen molar-refractivity contribution in [1.82, 2.24) is 15.5 Å². The summed E-state index contributed by atoms with van der Waals surface area (Å²) >= 11 is 0. The fraction of sp³-hybridized carbons (Fsp3) is 0.174. The van der Waals surface area contributed by atoms with Crippen LogP contribution in [0.5, 0.6) is 0 Å². The molecule has 0 saturated heterocycles. The normalized spacial score (nSPS) is 12.0. The Balaban J connectivity index is 1.68. The van der Waals surface area contributed by atoms with Crippen LogP contribution in [0.3, 0.4) is 0 Å². The SMILES string of the molecule is Cc1ccc(C)c2c(C)c(C(=O)NC(C(=O)Nc3ccn[nH]3)c3ccccc3)oc12. The maximum absolute atomic E-state index is 13.1. The number of benzene rings is 2. The number of nitrogens with one attached hydrogen (secondary N) is 3. The summed E-state index contributed by atoms with van der Waals surface area (Å²) in [7, 11) is 0. The number of H-pyrrole nitrogens is 1. The van der Waals surface area contributed by atoms with E-state index >= 15 is 0 Å². The van der Waals surface area contributed by atoms with Crippen molar-refractivity contribution in [3.63, 3.8) is 0 Å². The van der Waals surface area contributed by atoms with Crippen molar-refractivity contribution in [3.8, 4) is 0 Å². The van der Waals surface area contributed by atoms with Gasteiger partial charge >= 0.3 is 0 Å². The van der Waals surface area contributed by atoms with Crippen LogP contribution in [-0.4, -0.2) is 22.0 Å². The summed E-state index contributed by atoms with van der Waals surface area (Å²) in [5.41, 5.74) is 4.09. The zero-order valence-corrected chi connectivity index (χ0v) is 16.9. The Labute approximate surface area is 173 Å². The molecule has 0 aliphatic heterocycles. The molecule has 2 heterocycles. The number of carbonyl (C=O) groups excluding carboxylic acids is 2. The molecule has 3 N–H and O–H groups in total. The molecular weight excluding hydrogens is 380 g/mol. The highest BCUT2D eigenvalue weighted by molar-refractivity contribution is 6.04. The lowest BCUT2D eigenvalue weighted by molar-refractivity contribution is -0.118. The second kappa shape index (κ2) is 7.87. The maximum Gasteiger partial charge on any atom is 0.288 e. The number of amides is 2. The molecule has 1 unspecified atom stereocenters. The van der Waals surface area contributed by atoms with Crippen LogP contribution in [0.25, 0.3) is 11.0 Å². The molecule has 0 spiro atoms. The van der Waals surface area contributed by atoms with E-state index in [0.29, 0.717) is 17.0 Å². The number of nitrogens with zero attached hydrogens (tertiary/aromatic N) is 1. The van der Waals surface area contributed by atoms with Crippen LogP contribution >= 0.6 is 0 Å². The number of furan rings is 1. The lowest BCUT2D eigenvalue weighted by Gasteiger charge is -2.18. The second-order valence-corrected chi connectivity index (χ2v) is 7.24. The van der Waals surface area contributed by atoms with E-state index in [4.69, 9.17) is 4.42 Å². The first kappa shape index (κ1) is 19.4. The van der Waals surface area contributed by atoms with Gasteiger partial charge in [0.1, 0.15) is 17.4 Å². The number of aromatic amines is 1. The van der Waals surface area contributed by atoms with Crippen LogP contribution < -0.4 is 10.6 Å². The van der Waals surface area contributed by atoms with Gasteiger partial charge in [0.2, 0.25) is 0 Å². The highest BCUT2D eigenvalue weighted by atomic mass is 16.3. The molecule has 0 fully saturated rings. The van der Waals surface area contributed by atoms with Gasteiger partial charge in [-0.1, -0.05) is 42.5 Å². The third-order valence-corrected chi connectivity index (χ3v) is 5.12. The van der Waals surface area contributed by atoms with Gasteiger partial charge in [0.25, 0.3) is 11.8 Å². The molecule has 152 valence electrons. The Kier molecular flexibility index (Phi) is 5.10. The van der Waals surface area contributed by atoms with Gasteiger partial charge in [0.15, 0.2) is 5.76 Å². The zero-order chi connectivity index (χ0) is 21.3. The minimum Gasteiger partial charge on any atom is -0.450 e. The van der Waals surface area contributed by atoms with Crippen molar-refractivity contribution in [2.24, 2.45) is 0 Å². The van der Waals surface area contributed by atoms with E-state index in [2.05, 4.69) is 20.8 Å². The Morgan fingerprint density at radius 1 is 1.00 bits per heavy atom.